The maximum atomic E-state index is 12.1. The van der Waals surface area contributed by atoms with Crippen LogP contribution in [0.4, 0.5) is 0 Å². The summed E-state index contributed by atoms with van der Waals surface area (Å²) >= 11 is 0. The number of ether oxygens (including phenoxy) is 2. The molecule has 7 atom stereocenters. The topological polar surface area (TPSA) is 149 Å². The van der Waals surface area contributed by atoms with Crippen molar-refractivity contribution in [3.8, 4) is 0 Å². The van der Waals surface area contributed by atoms with E-state index in [2.05, 4.69) is 12.2 Å². The third-order valence-corrected chi connectivity index (χ3v) is 5.68. The first-order valence-corrected chi connectivity index (χ1v) is 11.7. The van der Waals surface area contributed by atoms with Crippen LogP contribution in [0.15, 0.2) is 0 Å². The second-order valence-corrected chi connectivity index (χ2v) is 8.43. The van der Waals surface area contributed by atoms with Gasteiger partial charge in [-0.3, -0.25) is 4.79 Å². The van der Waals surface area contributed by atoms with E-state index in [1.54, 1.807) is 0 Å². The Balaban J connectivity index is 2.57. The number of carbonyl (C=O) groups is 1. The first kappa shape index (κ1) is 28.2. The molecule has 0 spiro atoms. The Hall–Kier alpha value is -0.810. The Morgan fingerprint density at radius 1 is 0.968 bits per heavy atom. The van der Waals surface area contributed by atoms with Crippen LogP contribution in [-0.2, 0) is 14.3 Å². The molecule has 1 aliphatic rings. The van der Waals surface area contributed by atoms with Crippen LogP contribution in [0.3, 0.4) is 0 Å². The zero-order valence-electron chi connectivity index (χ0n) is 19.0. The standard InChI is InChI=1S/C22H43NO8/c1-3-5-6-7-8-9-10-12-16(25)15(23-18(26)11-4-2)14-30-22-21(29)20(28)19(27)17(13-24)31-22/h15-17,19-22,24-25,27-29H,3-14H2,1-2H3,(H,23,26). The van der Waals surface area contributed by atoms with Crippen molar-refractivity contribution in [1.29, 1.82) is 0 Å². The Bertz CT molecular complexity index is 478. The van der Waals surface area contributed by atoms with Gasteiger partial charge in [0.15, 0.2) is 6.29 Å². The molecule has 0 saturated carbocycles. The van der Waals surface area contributed by atoms with E-state index in [4.69, 9.17) is 9.47 Å². The summed E-state index contributed by atoms with van der Waals surface area (Å²) in [7, 11) is 0. The number of aliphatic hydroxyl groups excluding tert-OH is 5. The summed E-state index contributed by atoms with van der Waals surface area (Å²) in [6.07, 6.45) is 1.54. The number of unbranched alkanes of at least 4 members (excludes halogenated alkanes) is 6. The third-order valence-electron chi connectivity index (χ3n) is 5.68. The molecule has 1 rings (SSSR count). The maximum Gasteiger partial charge on any atom is 0.220 e. The fraction of sp³-hybridized carbons (Fsp3) is 0.955. The minimum atomic E-state index is -1.54. The lowest BCUT2D eigenvalue weighted by atomic mass is 9.99. The molecule has 1 heterocycles. The van der Waals surface area contributed by atoms with E-state index in [-0.39, 0.29) is 12.5 Å². The summed E-state index contributed by atoms with van der Waals surface area (Å²) in [5.74, 6) is -0.205. The normalized spacial score (nSPS) is 28.3. The van der Waals surface area contributed by atoms with Crippen LogP contribution in [0.25, 0.3) is 0 Å². The van der Waals surface area contributed by atoms with Crippen molar-refractivity contribution in [2.45, 2.75) is 121 Å². The smallest absolute Gasteiger partial charge is 0.220 e. The van der Waals surface area contributed by atoms with Crippen molar-refractivity contribution in [3.05, 3.63) is 0 Å². The van der Waals surface area contributed by atoms with E-state index in [0.29, 0.717) is 19.3 Å². The molecule has 7 unspecified atom stereocenters. The number of carbonyl (C=O) groups excluding carboxylic acids is 1. The van der Waals surface area contributed by atoms with Crippen molar-refractivity contribution in [1.82, 2.24) is 5.32 Å². The van der Waals surface area contributed by atoms with Crippen LogP contribution in [0.5, 0.6) is 0 Å². The highest BCUT2D eigenvalue weighted by Crippen LogP contribution is 2.22. The molecule has 1 amide bonds. The number of hydrogen-bond donors (Lipinski definition) is 6. The van der Waals surface area contributed by atoms with E-state index in [1.165, 1.54) is 25.7 Å². The Labute approximate surface area is 185 Å². The van der Waals surface area contributed by atoms with Crippen molar-refractivity contribution in [2.24, 2.45) is 0 Å². The zero-order valence-corrected chi connectivity index (χ0v) is 19.0. The lowest BCUT2D eigenvalue weighted by Gasteiger charge is -2.40. The van der Waals surface area contributed by atoms with Crippen molar-refractivity contribution in [2.75, 3.05) is 13.2 Å². The first-order valence-electron chi connectivity index (χ1n) is 11.7. The number of rotatable bonds is 16. The predicted molar refractivity (Wildman–Crippen MR) is 115 cm³/mol. The molecule has 1 fully saturated rings. The molecule has 0 radical (unpaired) electrons. The second kappa shape index (κ2) is 15.9. The number of aliphatic hydroxyl groups is 5. The number of hydrogen-bond acceptors (Lipinski definition) is 8. The highest BCUT2D eigenvalue weighted by molar-refractivity contribution is 5.76. The number of amides is 1. The van der Waals surface area contributed by atoms with Gasteiger partial charge in [-0.1, -0.05) is 58.8 Å². The molecule has 9 heteroatoms. The average Bonchev–Trinajstić information content (AvgIpc) is 2.75. The molecule has 6 N–H and O–H groups in total. The van der Waals surface area contributed by atoms with E-state index in [9.17, 15) is 30.3 Å². The molecule has 0 aromatic rings. The van der Waals surface area contributed by atoms with Gasteiger partial charge in [-0.05, 0) is 12.8 Å². The molecule has 1 aliphatic heterocycles. The maximum absolute atomic E-state index is 12.1. The van der Waals surface area contributed by atoms with Crippen molar-refractivity contribution >= 4 is 5.91 Å². The highest BCUT2D eigenvalue weighted by Gasteiger charge is 2.44. The molecule has 0 aromatic carbocycles. The summed E-state index contributed by atoms with van der Waals surface area (Å²) < 4.78 is 10.9. The first-order chi connectivity index (χ1) is 14.8. The lowest BCUT2D eigenvalue weighted by molar-refractivity contribution is -0.302. The average molecular weight is 450 g/mol. The van der Waals surface area contributed by atoms with Gasteiger partial charge < -0.3 is 40.3 Å². The molecule has 0 aromatic heterocycles. The van der Waals surface area contributed by atoms with E-state index >= 15 is 0 Å². The largest absolute Gasteiger partial charge is 0.394 e. The van der Waals surface area contributed by atoms with E-state index < -0.39 is 49.5 Å². The zero-order chi connectivity index (χ0) is 23.2. The van der Waals surface area contributed by atoms with Gasteiger partial charge in [-0.2, -0.15) is 0 Å². The van der Waals surface area contributed by atoms with Crippen LogP contribution >= 0.6 is 0 Å². The second-order valence-electron chi connectivity index (χ2n) is 8.43. The van der Waals surface area contributed by atoms with Gasteiger partial charge in [-0.15, -0.1) is 0 Å². The number of nitrogens with one attached hydrogen (secondary N) is 1. The van der Waals surface area contributed by atoms with Crippen molar-refractivity contribution < 1.29 is 39.8 Å². The van der Waals surface area contributed by atoms with Crippen LogP contribution in [0, 0.1) is 0 Å². The summed E-state index contributed by atoms with van der Waals surface area (Å²) in [5.41, 5.74) is 0. The summed E-state index contributed by atoms with van der Waals surface area (Å²) in [5, 5.41) is 52.5. The van der Waals surface area contributed by atoms with Gasteiger partial charge in [0.05, 0.1) is 25.4 Å². The summed E-state index contributed by atoms with van der Waals surface area (Å²) in [6, 6.07) is -0.702. The van der Waals surface area contributed by atoms with Gasteiger partial charge >= 0.3 is 0 Å². The summed E-state index contributed by atoms with van der Waals surface area (Å²) in [6.45, 7) is 3.36. The monoisotopic (exact) mass is 449 g/mol. The van der Waals surface area contributed by atoms with Gasteiger partial charge in [0.1, 0.15) is 24.4 Å². The molecule has 31 heavy (non-hydrogen) atoms. The van der Waals surface area contributed by atoms with Crippen LogP contribution < -0.4 is 5.32 Å². The van der Waals surface area contributed by atoms with Crippen molar-refractivity contribution in [3.63, 3.8) is 0 Å². The Morgan fingerprint density at radius 2 is 1.61 bits per heavy atom. The van der Waals surface area contributed by atoms with Gasteiger partial charge in [0.25, 0.3) is 0 Å². The van der Waals surface area contributed by atoms with E-state index in [0.717, 1.165) is 19.3 Å². The minimum absolute atomic E-state index is 0.143. The Morgan fingerprint density at radius 3 is 2.23 bits per heavy atom. The lowest BCUT2D eigenvalue weighted by Crippen LogP contribution is -2.60. The molecule has 9 nitrogen and oxygen atoms in total. The molecular weight excluding hydrogens is 406 g/mol. The molecule has 0 aliphatic carbocycles. The highest BCUT2D eigenvalue weighted by atomic mass is 16.7. The van der Waals surface area contributed by atoms with Crippen LogP contribution in [-0.4, -0.2) is 87.5 Å². The minimum Gasteiger partial charge on any atom is -0.394 e. The third kappa shape index (κ3) is 10.1. The fourth-order valence-electron chi connectivity index (χ4n) is 3.67. The fourth-order valence-corrected chi connectivity index (χ4v) is 3.67. The van der Waals surface area contributed by atoms with Gasteiger partial charge in [0.2, 0.25) is 5.91 Å². The predicted octanol–water partition coefficient (Wildman–Crippen LogP) is 0.589. The Kier molecular flexibility index (Phi) is 14.5. The summed E-state index contributed by atoms with van der Waals surface area (Å²) in [4.78, 5) is 12.1. The van der Waals surface area contributed by atoms with Crippen LogP contribution in [0.1, 0.15) is 78.1 Å². The quantitative estimate of drug-likeness (QED) is 0.188. The van der Waals surface area contributed by atoms with Gasteiger partial charge in [-0.25, -0.2) is 0 Å². The molecule has 0 bridgehead atoms. The van der Waals surface area contributed by atoms with Crippen LogP contribution in [0.2, 0.25) is 0 Å². The van der Waals surface area contributed by atoms with Gasteiger partial charge in [0, 0.05) is 6.42 Å². The van der Waals surface area contributed by atoms with E-state index in [1.807, 2.05) is 6.92 Å². The molecule has 184 valence electrons. The molecule has 1 saturated heterocycles. The molecular formula is C22H43NO8. The SMILES string of the molecule is CCCCCCCCCC(O)C(COC1OC(CO)C(O)C(O)C1O)NC(=O)CCC.